The molecule has 1 aromatic heterocycles. The van der Waals surface area contributed by atoms with E-state index < -0.39 is 0 Å². The third-order valence-electron chi connectivity index (χ3n) is 2.50. The molecule has 0 saturated heterocycles. The molecule has 18 heavy (non-hydrogen) atoms. The highest BCUT2D eigenvalue weighted by atomic mass is 127. The van der Waals surface area contributed by atoms with Gasteiger partial charge in [-0.1, -0.05) is 6.92 Å². The highest BCUT2D eigenvalue weighted by Gasteiger charge is 2.05. The number of anilines is 1. The van der Waals surface area contributed by atoms with Crippen LogP contribution in [0.3, 0.4) is 0 Å². The Labute approximate surface area is 119 Å². The van der Waals surface area contributed by atoms with Gasteiger partial charge in [0.15, 0.2) is 0 Å². The molecule has 0 fully saturated rings. The molecule has 96 valence electrons. The first-order chi connectivity index (χ1) is 8.70. The minimum absolute atomic E-state index is 0.223. The van der Waals surface area contributed by atoms with E-state index in [0.29, 0.717) is 6.54 Å². The monoisotopic (exact) mass is 360 g/mol. The Kier molecular flexibility index (Phi) is 4.51. The largest absolute Gasteiger partial charge is 0.377 e. The molecule has 1 N–H and O–H groups in total. The molecular weight excluding hydrogens is 346 g/mol. The van der Waals surface area contributed by atoms with Crippen molar-refractivity contribution in [2.24, 2.45) is 0 Å². The van der Waals surface area contributed by atoms with Gasteiger partial charge in [0.2, 0.25) is 0 Å². The van der Waals surface area contributed by atoms with Crippen molar-refractivity contribution < 1.29 is 4.39 Å². The van der Waals surface area contributed by atoms with Gasteiger partial charge in [0.1, 0.15) is 18.0 Å². The molecule has 0 atom stereocenters. The Balaban J connectivity index is 2.04. The van der Waals surface area contributed by atoms with Crippen molar-refractivity contribution >= 4 is 28.3 Å². The first-order valence-electron chi connectivity index (χ1n) is 5.76. The fourth-order valence-electron chi connectivity index (χ4n) is 1.63. The predicted molar refractivity (Wildman–Crippen MR) is 76.8 cm³/mol. The lowest BCUT2D eigenvalue weighted by molar-refractivity contribution is 0.574. The van der Waals surface area contributed by atoms with Crippen LogP contribution >= 0.6 is 22.6 Å². The van der Waals surface area contributed by atoms with Crippen molar-refractivity contribution in [2.45, 2.75) is 26.4 Å². The van der Waals surface area contributed by atoms with E-state index in [1.165, 1.54) is 12.1 Å². The topological polar surface area (TPSA) is 42.7 Å². The van der Waals surface area contributed by atoms with Crippen molar-refractivity contribution in [1.29, 1.82) is 0 Å². The van der Waals surface area contributed by atoms with Gasteiger partial charge in [0, 0.05) is 15.8 Å². The normalized spacial score (nSPS) is 10.6. The van der Waals surface area contributed by atoms with Gasteiger partial charge in [-0.3, -0.25) is 0 Å². The van der Waals surface area contributed by atoms with Crippen LogP contribution in [0.4, 0.5) is 10.1 Å². The second-order valence-electron chi connectivity index (χ2n) is 3.88. The Morgan fingerprint density at radius 2 is 2.28 bits per heavy atom. The summed E-state index contributed by atoms with van der Waals surface area (Å²) < 4.78 is 15.7. The van der Waals surface area contributed by atoms with E-state index in [1.807, 2.05) is 4.68 Å². The van der Waals surface area contributed by atoms with E-state index in [1.54, 1.807) is 12.4 Å². The smallest absolute Gasteiger partial charge is 0.146 e. The van der Waals surface area contributed by atoms with E-state index in [-0.39, 0.29) is 5.82 Å². The molecular formula is C12H14FIN4. The van der Waals surface area contributed by atoms with Crippen LogP contribution < -0.4 is 5.32 Å². The minimum atomic E-state index is -0.223. The van der Waals surface area contributed by atoms with Crippen molar-refractivity contribution in [3.63, 3.8) is 0 Å². The zero-order chi connectivity index (χ0) is 13.0. The van der Waals surface area contributed by atoms with Gasteiger partial charge >= 0.3 is 0 Å². The third kappa shape index (κ3) is 3.18. The molecule has 4 nitrogen and oxygen atoms in total. The summed E-state index contributed by atoms with van der Waals surface area (Å²) in [4.78, 5) is 4.21. The number of rotatable bonds is 5. The molecule has 0 bridgehead atoms. The summed E-state index contributed by atoms with van der Waals surface area (Å²) in [5.74, 6) is 0.663. The number of halogens is 2. The van der Waals surface area contributed by atoms with Crippen LogP contribution in [0.5, 0.6) is 0 Å². The molecule has 0 spiro atoms. The van der Waals surface area contributed by atoms with Crippen LogP contribution in [0.25, 0.3) is 0 Å². The average molecular weight is 360 g/mol. The summed E-state index contributed by atoms with van der Waals surface area (Å²) >= 11 is 2.11. The summed E-state index contributed by atoms with van der Waals surface area (Å²) in [6.07, 6.45) is 2.58. The minimum Gasteiger partial charge on any atom is -0.377 e. The molecule has 0 radical (unpaired) electrons. The van der Waals surface area contributed by atoms with E-state index in [2.05, 4.69) is 44.9 Å². The lowest BCUT2D eigenvalue weighted by atomic mass is 10.3. The van der Waals surface area contributed by atoms with Gasteiger partial charge in [-0.15, -0.1) is 0 Å². The van der Waals surface area contributed by atoms with Crippen LogP contribution in [0.15, 0.2) is 24.5 Å². The second kappa shape index (κ2) is 6.12. The lowest BCUT2D eigenvalue weighted by Gasteiger charge is -2.09. The number of hydrogen-bond donors (Lipinski definition) is 1. The van der Waals surface area contributed by atoms with Crippen LogP contribution in [0.1, 0.15) is 19.2 Å². The zero-order valence-corrected chi connectivity index (χ0v) is 12.2. The SMILES string of the molecule is CCCn1ncnc1CNc1ccc(F)cc1I. The van der Waals surface area contributed by atoms with Gasteiger partial charge in [-0.2, -0.15) is 5.10 Å². The molecule has 1 aromatic carbocycles. The molecule has 6 heteroatoms. The summed E-state index contributed by atoms with van der Waals surface area (Å²) in [7, 11) is 0. The van der Waals surface area contributed by atoms with Crippen LogP contribution in [0, 0.1) is 9.39 Å². The number of nitrogens with zero attached hydrogens (tertiary/aromatic N) is 3. The molecule has 2 aromatic rings. The molecule has 0 aliphatic carbocycles. The number of nitrogens with one attached hydrogen (secondary N) is 1. The first kappa shape index (κ1) is 13.3. The summed E-state index contributed by atoms with van der Waals surface area (Å²) in [6.45, 7) is 3.54. The highest BCUT2D eigenvalue weighted by molar-refractivity contribution is 14.1. The molecule has 1 heterocycles. The number of hydrogen-bond acceptors (Lipinski definition) is 3. The number of aromatic nitrogens is 3. The molecule has 2 rings (SSSR count). The van der Waals surface area contributed by atoms with Crippen molar-refractivity contribution in [3.8, 4) is 0 Å². The quantitative estimate of drug-likeness (QED) is 0.834. The fraction of sp³-hybridized carbons (Fsp3) is 0.333. The maximum absolute atomic E-state index is 13.0. The van der Waals surface area contributed by atoms with E-state index in [4.69, 9.17) is 0 Å². The Morgan fingerprint density at radius 3 is 3.00 bits per heavy atom. The summed E-state index contributed by atoms with van der Waals surface area (Å²) in [5.41, 5.74) is 0.906. The summed E-state index contributed by atoms with van der Waals surface area (Å²) in [5, 5.41) is 7.40. The molecule has 0 aliphatic heterocycles. The Bertz CT molecular complexity index is 527. The van der Waals surface area contributed by atoms with E-state index in [9.17, 15) is 4.39 Å². The van der Waals surface area contributed by atoms with Crippen molar-refractivity contribution in [2.75, 3.05) is 5.32 Å². The first-order valence-corrected chi connectivity index (χ1v) is 6.84. The van der Waals surface area contributed by atoms with Gasteiger partial charge < -0.3 is 5.32 Å². The molecule has 0 amide bonds. The third-order valence-corrected chi connectivity index (χ3v) is 3.39. The molecule has 0 saturated carbocycles. The van der Waals surface area contributed by atoms with Crippen molar-refractivity contribution in [1.82, 2.24) is 14.8 Å². The van der Waals surface area contributed by atoms with Crippen molar-refractivity contribution in [3.05, 3.63) is 39.7 Å². The van der Waals surface area contributed by atoms with E-state index in [0.717, 1.165) is 28.0 Å². The Morgan fingerprint density at radius 1 is 1.44 bits per heavy atom. The molecule has 0 aliphatic rings. The lowest BCUT2D eigenvalue weighted by Crippen LogP contribution is -2.10. The number of benzene rings is 1. The van der Waals surface area contributed by atoms with Crippen LogP contribution in [-0.4, -0.2) is 14.8 Å². The zero-order valence-electron chi connectivity index (χ0n) is 10.0. The fourth-order valence-corrected chi connectivity index (χ4v) is 2.30. The maximum atomic E-state index is 13.0. The Hall–Kier alpha value is -1.18. The maximum Gasteiger partial charge on any atom is 0.146 e. The van der Waals surface area contributed by atoms with Gasteiger partial charge in [-0.25, -0.2) is 14.1 Å². The highest BCUT2D eigenvalue weighted by Crippen LogP contribution is 2.19. The standard InChI is InChI=1S/C12H14FIN4/c1-2-5-18-12(16-8-17-18)7-15-11-4-3-9(13)6-10(11)14/h3-4,6,8,15H,2,5,7H2,1H3. The van der Waals surface area contributed by atoms with E-state index >= 15 is 0 Å². The molecule has 0 unspecified atom stereocenters. The van der Waals surface area contributed by atoms with Gasteiger partial charge in [-0.05, 0) is 47.2 Å². The van der Waals surface area contributed by atoms with Gasteiger partial charge in [0.25, 0.3) is 0 Å². The van der Waals surface area contributed by atoms with Gasteiger partial charge in [0.05, 0.1) is 6.54 Å². The van der Waals surface area contributed by atoms with Crippen LogP contribution in [-0.2, 0) is 13.1 Å². The second-order valence-corrected chi connectivity index (χ2v) is 5.04. The predicted octanol–water partition coefficient (Wildman–Crippen LogP) is 3.04. The summed E-state index contributed by atoms with van der Waals surface area (Å²) in [6, 6.07) is 4.68. The average Bonchev–Trinajstić information content (AvgIpc) is 2.76. The number of aryl methyl sites for hydroxylation is 1. The van der Waals surface area contributed by atoms with Crippen LogP contribution in [0.2, 0.25) is 0 Å².